The molecule has 0 saturated carbocycles. The molecule has 0 bridgehead atoms. The fourth-order valence-electron chi connectivity index (χ4n) is 0.498. The van der Waals surface area contributed by atoms with Crippen LogP contribution in [0.3, 0.4) is 0 Å². The number of hydrogen-bond donors (Lipinski definition) is 1. The van der Waals surface area contributed by atoms with E-state index in [1.807, 2.05) is 14.1 Å². The lowest BCUT2D eigenvalue weighted by atomic mass is 10.4. The van der Waals surface area contributed by atoms with Gasteiger partial charge in [-0.05, 0) is 0 Å². The zero-order chi connectivity index (χ0) is 7.86. The third-order valence-electron chi connectivity index (χ3n) is 0.602. The Morgan fingerprint density at radius 3 is 1.78 bits per heavy atom. The summed E-state index contributed by atoms with van der Waals surface area (Å²) in [5.41, 5.74) is 0. The normalized spacial score (nSPS) is 8.22. The van der Waals surface area contributed by atoms with Gasteiger partial charge < -0.3 is 4.90 Å². The van der Waals surface area contributed by atoms with E-state index >= 15 is 0 Å². The van der Waals surface area contributed by atoms with E-state index in [1.165, 1.54) is 11.3 Å². The summed E-state index contributed by atoms with van der Waals surface area (Å²) < 4.78 is 0. The topological polar surface area (TPSA) is 21.5 Å². The number of hydrogen-bond acceptors (Lipinski definition) is 1. The van der Waals surface area contributed by atoms with E-state index < -0.39 is 0 Å². The molecule has 0 aromatic heterocycles. The van der Waals surface area contributed by atoms with Gasteiger partial charge in [0, 0.05) is 13.3 Å². The minimum absolute atomic E-state index is 0.250. The quantitative estimate of drug-likeness (QED) is 0.534. The summed E-state index contributed by atoms with van der Waals surface area (Å²) in [6.45, 7) is 2.24. The van der Waals surface area contributed by atoms with Crippen LogP contribution < -0.4 is 4.90 Å². The van der Waals surface area contributed by atoms with Gasteiger partial charge in [-0.1, -0.05) is 0 Å². The molecule has 0 aliphatic carbocycles. The van der Waals surface area contributed by atoms with Gasteiger partial charge in [-0.25, -0.2) is 0 Å². The predicted octanol–water partition coefficient (Wildman–Crippen LogP) is -0.425. The van der Waals surface area contributed by atoms with Crippen LogP contribution in [0.25, 0.3) is 0 Å². The third kappa shape index (κ3) is 18.1. The van der Waals surface area contributed by atoms with Crippen LogP contribution in [-0.2, 0) is 4.79 Å². The van der Waals surface area contributed by atoms with Gasteiger partial charge in [0.15, 0.2) is 5.78 Å². The van der Waals surface area contributed by atoms with Crippen LogP contribution in [0.2, 0.25) is 0 Å². The molecule has 3 heteroatoms. The van der Waals surface area contributed by atoms with Crippen LogP contribution in [0, 0.1) is 0 Å². The van der Waals surface area contributed by atoms with Crippen LogP contribution in [0.15, 0.2) is 0 Å². The van der Waals surface area contributed by atoms with Gasteiger partial charge in [0.2, 0.25) is 0 Å². The number of Topliss-reactive ketones (excluding diaryl/α,β-unsaturated/α-hetero) is 1. The first-order valence-corrected chi connectivity index (χ1v) is 3.55. The number of alkyl halides is 1. The molecule has 0 aromatic rings. The molecule has 0 heterocycles. The zero-order valence-corrected chi connectivity index (χ0v) is 7.25. The highest BCUT2D eigenvalue weighted by Crippen LogP contribution is 1.52. The number of nitrogens with one attached hydrogen (secondary N) is 1. The molecule has 0 unspecified atom stereocenters. The van der Waals surface area contributed by atoms with Crippen molar-refractivity contribution >= 4 is 17.4 Å². The van der Waals surface area contributed by atoms with E-state index in [4.69, 9.17) is 0 Å². The molecule has 0 rings (SSSR count). The molecule has 0 fully saturated rings. The molecule has 0 saturated heterocycles. The van der Waals surface area contributed by atoms with Crippen LogP contribution in [-0.4, -0.2) is 32.8 Å². The minimum Gasteiger partial charge on any atom is -0.334 e. The number of rotatable bonds is 2. The molecule has 0 atom stereocenters. The largest absolute Gasteiger partial charge is 0.334 e. The lowest BCUT2D eigenvalue weighted by Gasteiger charge is -2.00. The molecular formula is C6H15ClNO+. The van der Waals surface area contributed by atoms with Gasteiger partial charge in [-0.2, -0.15) is 0 Å². The molecule has 0 spiro atoms. The highest BCUT2D eigenvalue weighted by molar-refractivity contribution is 6.15. The van der Waals surface area contributed by atoms with Gasteiger partial charge >= 0.3 is 0 Å². The maximum absolute atomic E-state index is 10.2. The number of carbonyl (C=O) groups is 1. The second-order valence-corrected chi connectivity index (χ2v) is 2.09. The molecule has 9 heavy (non-hydrogen) atoms. The van der Waals surface area contributed by atoms with Gasteiger partial charge in [0.1, 0.15) is 6.54 Å². The second kappa shape index (κ2) is 7.92. The van der Waals surface area contributed by atoms with E-state index in [0.29, 0.717) is 6.54 Å². The zero-order valence-electron chi connectivity index (χ0n) is 6.49. The van der Waals surface area contributed by atoms with Crippen LogP contribution in [0.1, 0.15) is 6.92 Å². The second-order valence-electron chi connectivity index (χ2n) is 2.09. The van der Waals surface area contributed by atoms with Crippen molar-refractivity contribution in [2.45, 2.75) is 6.92 Å². The third-order valence-corrected chi connectivity index (χ3v) is 0.602. The summed E-state index contributed by atoms with van der Waals surface area (Å²) in [6, 6.07) is 0. The van der Waals surface area contributed by atoms with E-state index in [1.54, 1.807) is 6.92 Å². The smallest absolute Gasteiger partial charge is 0.183 e. The summed E-state index contributed by atoms with van der Waals surface area (Å²) in [6.07, 6.45) is 1.47. The summed E-state index contributed by atoms with van der Waals surface area (Å²) in [4.78, 5) is 11.4. The SMILES string of the molecule is CC(=O)C[NH+](C)C.CCl. The molecule has 0 radical (unpaired) electrons. The Morgan fingerprint density at radius 2 is 1.78 bits per heavy atom. The van der Waals surface area contributed by atoms with Crippen LogP contribution in [0.5, 0.6) is 0 Å². The van der Waals surface area contributed by atoms with E-state index in [-0.39, 0.29) is 5.78 Å². The summed E-state index contributed by atoms with van der Waals surface area (Å²) in [5.74, 6) is 0.250. The Kier molecular flexibility index (Phi) is 10.3. The van der Waals surface area contributed by atoms with Crippen molar-refractivity contribution < 1.29 is 9.69 Å². The molecule has 0 aliphatic heterocycles. The number of halogens is 1. The van der Waals surface area contributed by atoms with Crippen LogP contribution >= 0.6 is 11.6 Å². The molecular weight excluding hydrogens is 138 g/mol. The summed E-state index contributed by atoms with van der Waals surface area (Å²) >= 11 is 4.64. The monoisotopic (exact) mass is 152 g/mol. The van der Waals surface area contributed by atoms with Crippen molar-refractivity contribution in [3.8, 4) is 0 Å². The van der Waals surface area contributed by atoms with Crippen LogP contribution in [0.4, 0.5) is 0 Å². The number of carbonyl (C=O) groups excluding carboxylic acids is 1. The molecule has 0 amide bonds. The van der Waals surface area contributed by atoms with Crippen molar-refractivity contribution in [1.29, 1.82) is 0 Å². The first kappa shape index (κ1) is 11.7. The standard InChI is InChI=1S/C5H11NO.CH3Cl/c1-5(7)4-6(2)3;1-2/h4H2,1-3H3;1H3/p+1. The highest BCUT2D eigenvalue weighted by atomic mass is 35.5. The molecule has 2 nitrogen and oxygen atoms in total. The van der Waals surface area contributed by atoms with E-state index in [0.717, 1.165) is 0 Å². The average molecular weight is 153 g/mol. The summed E-state index contributed by atoms with van der Waals surface area (Å²) in [7, 11) is 3.92. The Bertz CT molecular complexity index is 73.5. The minimum atomic E-state index is 0.250. The van der Waals surface area contributed by atoms with Gasteiger partial charge in [-0.3, -0.25) is 4.79 Å². The first-order chi connectivity index (χ1) is 4.13. The van der Waals surface area contributed by atoms with Crippen molar-refractivity contribution in [1.82, 2.24) is 0 Å². The Labute approximate surface area is 61.8 Å². The Balaban J connectivity index is 0. The predicted molar refractivity (Wildman–Crippen MR) is 40.1 cm³/mol. The van der Waals surface area contributed by atoms with Crippen molar-refractivity contribution in [2.75, 3.05) is 27.0 Å². The Morgan fingerprint density at radius 1 is 1.44 bits per heavy atom. The molecule has 0 aromatic carbocycles. The van der Waals surface area contributed by atoms with E-state index in [2.05, 4.69) is 11.6 Å². The van der Waals surface area contributed by atoms with Crippen molar-refractivity contribution in [3.05, 3.63) is 0 Å². The average Bonchev–Trinajstić information content (AvgIpc) is 1.68. The number of likely N-dealkylation sites (N-methyl/N-ethyl adjacent to an activating group) is 1. The maximum Gasteiger partial charge on any atom is 0.183 e. The van der Waals surface area contributed by atoms with Crippen molar-refractivity contribution in [3.63, 3.8) is 0 Å². The van der Waals surface area contributed by atoms with Gasteiger partial charge in [0.05, 0.1) is 14.1 Å². The van der Waals surface area contributed by atoms with Crippen molar-refractivity contribution in [2.24, 2.45) is 0 Å². The molecule has 0 aliphatic rings. The number of quaternary nitrogens is 1. The Hall–Kier alpha value is -0.0800. The van der Waals surface area contributed by atoms with Gasteiger partial charge in [-0.15, -0.1) is 11.6 Å². The fraction of sp³-hybridized carbons (Fsp3) is 0.833. The maximum atomic E-state index is 10.2. The first-order valence-electron chi connectivity index (χ1n) is 2.79. The lowest BCUT2D eigenvalue weighted by Crippen LogP contribution is -3.06. The molecule has 56 valence electrons. The van der Waals surface area contributed by atoms with E-state index in [9.17, 15) is 4.79 Å². The highest BCUT2D eigenvalue weighted by Gasteiger charge is 1.95. The molecule has 1 N–H and O–H groups in total. The van der Waals surface area contributed by atoms with Gasteiger partial charge in [0.25, 0.3) is 0 Å². The number of ketones is 1. The lowest BCUT2D eigenvalue weighted by molar-refractivity contribution is -0.849. The fourth-order valence-corrected chi connectivity index (χ4v) is 0.498. The summed E-state index contributed by atoms with van der Waals surface area (Å²) in [5, 5.41) is 0.